The molecule has 0 atom stereocenters. The third kappa shape index (κ3) is 1.47. The van der Waals surface area contributed by atoms with E-state index in [0.717, 1.165) is 30.0 Å². The Morgan fingerprint density at radius 2 is 2.13 bits per heavy atom. The molecule has 0 spiro atoms. The summed E-state index contributed by atoms with van der Waals surface area (Å²) in [4.78, 5) is 17.5. The van der Waals surface area contributed by atoms with Crippen LogP contribution in [0.3, 0.4) is 0 Å². The number of methoxy groups -OCH3 is 1. The fourth-order valence-electron chi connectivity index (χ4n) is 1.91. The molecule has 1 aliphatic rings. The van der Waals surface area contributed by atoms with Gasteiger partial charge in [-0.05, 0) is 26.7 Å². The maximum Gasteiger partial charge on any atom is 0.318 e. The zero-order valence-corrected chi connectivity index (χ0v) is 10.1. The average Bonchev–Trinajstić information content (AvgIpc) is 2.45. The van der Waals surface area contributed by atoms with Crippen molar-refractivity contribution in [3.05, 3.63) is 15.6 Å². The Bertz CT molecular complexity index is 374. The van der Waals surface area contributed by atoms with Crippen molar-refractivity contribution in [1.82, 2.24) is 4.98 Å². The van der Waals surface area contributed by atoms with Crippen LogP contribution in [-0.4, -0.2) is 18.1 Å². The summed E-state index contributed by atoms with van der Waals surface area (Å²) < 4.78 is 4.89. The van der Waals surface area contributed by atoms with Gasteiger partial charge in [-0.2, -0.15) is 0 Å². The molecule has 0 aliphatic heterocycles. The molecule has 0 aromatic carbocycles. The lowest BCUT2D eigenvalue weighted by molar-refractivity contribution is -0.151. The van der Waals surface area contributed by atoms with Crippen molar-refractivity contribution in [3.8, 4) is 0 Å². The number of ether oxygens (including phenoxy) is 1. The number of carbonyl (C=O) groups excluding carboxylic acids is 1. The molecule has 2 rings (SSSR count). The number of nitrogens with zero attached hydrogens (tertiary/aromatic N) is 1. The molecule has 1 fully saturated rings. The Morgan fingerprint density at radius 1 is 1.47 bits per heavy atom. The van der Waals surface area contributed by atoms with Crippen molar-refractivity contribution in [1.29, 1.82) is 0 Å². The van der Waals surface area contributed by atoms with E-state index in [1.54, 1.807) is 11.3 Å². The Hall–Kier alpha value is -0.900. The molecule has 1 aliphatic carbocycles. The van der Waals surface area contributed by atoms with Crippen LogP contribution in [0.4, 0.5) is 0 Å². The first-order valence-electron chi connectivity index (χ1n) is 5.13. The van der Waals surface area contributed by atoms with Crippen LogP contribution in [0.25, 0.3) is 0 Å². The standard InChI is InChI=1S/C11H15NO2S/c1-7-8(2)15-9(12-7)11(5-4-6-11)10(13)14-3/h4-6H2,1-3H3. The SMILES string of the molecule is COC(=O)C1(c2nc(C)c(C)s2)CCC1. The molecule has 4 heteroatoms. The van der Waals surface area contributed by atoms with E-state index in [1.165, 1.54) is 12.0 Å². The van der Waals surface area contributed by atoms with Crippen LogP contribution in [0, 0.1) is 13.8 Å². The molecule has 0 bridgehead atoms. The highest BCUT2D eigenvalue weighted by Crippen LogP contribution is 2.46. The average molecular weight is 225 g/mol. The van der Waals surface area contributed by atoms with Crippen LogP contribution < -0.4 is 0 Å². The largest absolute Gasteiger partial charge is 0.468 e. The quantitative estimate of drug-likeness (QED) is 0.725. The molecule has 0 N–H and O–H groups in total. The van der Waals surface area contributed by atoms with Gasteiger partial charge in [0.15, 0.2) is 0 Å². The highest BCUT2D eigenvalue weighted by molar-refractivity contribution is 7.12. The van der Waals surface area contributed by atoms with E-state index in [9.17, 15) is 4.79 Å². The second-order valence-electron chi connectivity index (χ2n) is 4.09. The summed E-state index contributed by atoms with van der Waals surface area (Å²) in [7, 11) is 1.45. The van der Waals surface area contributed by atoms with E-state index >= 15 is 0 Å². The minimum atomic E-state index is -0.418. The highest BCUT2D eigenvalue weighted by Gasteiger charge is 2.49. The van der Waals surface area contributed by atoms with Gasteiger partial charge in [-0.3, -0.25) is 4.79 Å². The number of esters is 1. The van der Waals surface area contributed by atoms with Crippen molar-refractivity contribution < 1.29 is 9.53 Å². The van der Waals surface area contributed by atoms with Crippen LogP contribution in [0.1, 0.15) is 34.8 Å². The molecule has 1 aromatic rings. The first-order valence-corrected chi connectivity index (χ1v) is 5.95. The van der Waals surface area contributed by atoms with Crippen LogP contribution in [0.15, 0.2) is 0 Å². The monoisotopic (exact) mass is 225 g/mol. The Kier molecular flexibility index (Phi) is 2.54. The number of aromatic nitrogens is 1. The number of rotatable bonds is 2. The summed E-state index contributed by atoms with van der Waals surface area (Å²) in [5.41, 5.74) is 0.614. The maximum absolute atomic E-state index is 11.8. The molecular formula is C11H15NO2S. The van der Waals surface area contributed by atoms with Gasteiger partial charge in [-0.15, -0.1) is 11.3 Å². The summed E-state index contributed by atoms with van der Waals surface area (Å²) in [5.74, 6) is -0.123. The van der Waals surface area contributed by atoms with E-state index in [-0.39, 0.29) is 5.97 Å². The Labute approximate surface area is 93.5 Å². The summed E-state index contributed by atoms with van der Waals surface area (Å²) in [6.45, 7) is 4.03. The number of carbonyl (C=O) groups is 1. The minimum absolute atomic E-state index is 0.123. The van der Waals surface area contributed by atoms with E-state index in [2.05, 4.69) is 4.98 Å². The van der Waals surface area contributed by atoms with E-state index in [1.807, 2.05) is 13.8 Å². The molecule has 0 saturated heterocycles. The van der Waals surface area contributed by atoms with Crippen LogP contribution >= 0.6 is 11.3 Å². The molecule has 1 saturated carbocycles. The maximum atomic E-state index is 11.8. The lowest BCUT2D eigenvalue weighted by atomic mass is 9.69. The number of hydrogen-bond donors (Lipinski definition) is 0. The zero-order chi connectivity index (χ0) is 11.1. The van der Waals surface area contributed by atoms with Gasteiger partial charge in [-0.25, -0.2) is 4.98 Å². The summed E-state index contributed by atoms with van der Waals surface area (Å²) >= 11 is 1.63. The number of hydrogen-bond acceptors (Lipinski definition) is 4. The van der Waals surface area contributed by atoms with Gasteiger partial charge in [0, 0.05) is 4.88 Å². The molecule has 1 heterocycles. The van der Waals surface area contributed by atoms with Gasteiger partial charge in [0.1, 0.15) is 10.4 Å². The van der Waals surface area contributed by atoms with Gasteiger partial charge in [-0.1, -0.05) is 6.42 Å². The van der Waals surface area contributed by atoms with Crippen LogP contribution in [0.2, 0.25) is 0 Å². The third-order valence-electron chi connectivity index (χ3n) is 3.22. The van der Waals surface area contributed by atoms with Crippen molar-refractivity contribution >= 4 is 17.3 Å². The molecule has 0 amide bonds. The predicted octanol–water partition coefficient (Wildman–Crippen LogP) is 2.35. The van der Waals surface area contributed by atoms with Crippen molar-refractivity contribution in [3.63, 3.8) is 0 Å². The minimum Gasteiger partial charge on any atom is -0.468 e. The van der Waals surface area contributed by atoms with Crippen molar-refractivity contribution in [2.24, 2.45) is 0 Å². The first-order chi connectivity index (χ1) is 7.10. The van der Waals surface area contributed by atoms with Crippen molar-refractivity contribution in [2.45, 2.75) is 38.5 Å². The fourth-order valence-corrected chi connectivity index (χ4v) is 3.06. The van der Waals surface area contributed by atoms with Crippen molar-refractivity contribution in [2.75, 3.05) is 7.11 Å². The molecular weight excluding hydrogens is 210 g/mol. The smallest absolute Gasteiger partial charge is 0.318 e. The second kappa shape index (κ2) is 3.59. The van der Waals surface area contributed by atoms with E-state index < -0.39 is 5.41 Å². The van der Waals surface area contributed by atoms with E-state index in [0.29, 0.717) is 0 Å². The Balaban J connectivity index is 2.38. The van der Waals surface area contributed by atoms with Crippen LogP contribution in [-0.2, 0) is 14.9 Å². The molecule has 15 heavy (non-hydrogen) atoms. The van der Waals surface area contributed by atoms with Gasteiger partial charge in [0.05, 0.1) is 12.8 Å². The lowest BCUT2D eigenvalue weighted by Crippen LogP contribution is -2.43. The van der Waals surface area contributed by atoms with Gasteiger partial charge >= 0.3 is 5.97 Å². The predicted molar refractivity (Wildman–Crippen MR) is 59.1 cm³/mol. The summed E-state index contributed by atoms with van der Waals surface area (Å²) in [5, 5.41) is 0.940. The molecule has 82 valence electrons. The molecule has 3 nitrogen and oxygen atoms in total. The fraction of sp³-hybridized carbons (Fsp3) is 0.636. The topological polar surface area (TPSA) is 39.2 Å². The van der Waals surface area contributed by atoms with E-state index in [4.69, 9.17) is 4.74 Å². The van der Waals surface area contributed by atoms with Gasteiger partial charge in [0.2, 0.25) is 0 Å². The summed E-state index contributed by atoms with van der Waals surface area (Å²) in [6.07, 6.45) is 2.85. The molecule has 0 radical (unpaired) electrons. The normalized spacial score (nSPS) is 18.3. The zero-order valence-electron chi connectivity index (χ0n) is 9.29. The highest BCUT2D eigenvalue weighted by atomic mass is 32.1. The van der Waals surface area contributed by atoms with Gasteiger partial charge < -0.3 is 4.74 Å². The molecule has 1 aromatic heterocycles. The van der Waals surface area contributed by atoms with Gasteiger partial charge in [0.25, 0.3) is 0 Å². The second-order valence-corrected chi connectivity index (χ2v) is 5.29. The van der Waals surface area contributed by atoms with Crippen LogP contribution in [0.5, 0.6) is 0 Å². The first kappa shape index (κ1) is 10.6. The molecule has 0 unspecified atom stereocenters. The number of thiazole rings is 1. The Morgan fingerprint density at radius 3 is 2.47 bits per heavy atom. The summed E-state index contributed by atoms with van der Waals surface area (Å²) in [6, 6.07) is 0. The third-order valence-corrected chi connectivity index (χ3v) is 4.50. The lowest BCUT2D eigenvalue weighted by Gasteiger charge is -2.36. The number of aryl methyl sites for hydroxylation is 2.